The molecule has 0 aliphatic heterocycles. The maximum atomic E-state index is 12.5. The van der Waals surface area contributed by atoms with Gasteiger partial charge in [0.1, 0.15) is 5.75 Å². The second-order valence-corrected chi connectivity index (χ2v) is 9.25. The van der Waals surface area contributed by atoms with Crippen LogP contribution in [0.15, 0.2) is 41.3 Å². The van der Waals surface area contributed by atoms with Crippen LogP contribution in [0.1, 0.15) is 36.2 Å². The number of carboxylic acid groups (broad SMARTS) is 1. The van der Waals surface area contributed by atoms with E-state index in [1.54, 1.807) is 13.0 Å². The zero-order valence-corrected chi connectivity index (χ0v) is 19.7. The number of aliphatic carboxylic acids is 1. The number of carbonyl (C=O) groups excluding carboxylic acids is 1. The van der Waals surface area contributed by atoms with Crippen LogP contribution in [-0.2, 0) is 14.8 Å². The Balaban J connectivity index is 2.05. The Kier molecular flexibility index (Phi) is 9.06. The molecule has 0 aromatic heterocycles. The summed E-state index contributed by atoms with van der Waals surface area (Å²) in [7, 11) is -2.64. The third kappa shape index (κ3) is 7.65. The summed E-state index contributed by atoms with van der Waals surface area (Å²) in [6.45, 7) is 5.69. The average molecular weight is 481 g/mol. The van der Waals surface area contributed by atoms with Gasteiger partial charge in [0.15, 0.2) is 18.1 Å². The third-order valence-corrected chi connectivity index (χ3v) is 5.73. The third-order valence-electron chi connectivity index (χ3n) is 4.49. The molecule has 2 aromatic rings. The standard InChI is InChI=1S/C22H28N2O8S/c1-14(2)9-10-31-19-7-5-16(12-20(19)30-4)22(27)23-24-33(28,29)17-6-8-18(15(3)11-17)32-13-21(25)26/h5-8,11-12,14,24H,9-10,13H2,1-4H3,(H,23,27)(H,25,26). The molecule has 0 saturated heterocycles. The molecule has 0 atom stereocenters. The molecule has 2 rings (SSSR count). The first-order valence-electron chi connectivity index (χ1n) is 10.1. The normalized spacial score (nSPS) is 11.2. The van der Waals surface area contributed by atoms with E-state index >= 15 is 0 Å². The van der Waals surface area contributed by atoms with Crippen LogP contribution in [0.5, 0.6) is 17.2 Å². The van der Waals surface area contributed by atoms with E-state index in [1.165, 1.54) is 37.4 Å². The second-order valence-electron chi connectivity index (χ2n) is 7.57. The minimum Gasteiger partial charge on any atom is -0.493 e. The van der Waals surface area contributed by atoms with Gasteiger partial charge in [-0.15, -0.1) is 4.83 Å². The average Bonchev–Trinajstić information content (AvgIpc) is 2.76. The van der Waals surface area contributed by atoms with Gasteiger partial charge in [-0.05, 0) is 61.2 Å². The molecule has 10 nitrogen and oxygen atoms in total. The molecular weight excluding hydrogens is 452 g/mol. The topological polar surface area (TPSA) is 140 Å². The molecule has 0 aliphatic carbocycles. The minimum absolute atomic E-state index is 0.130. The van der Waals surface area contributed by atoms with Crippen molar-refractivity contribution in [3.8, 4) is 17.2 Å². The fourth-order valence-electron chi connectivity index (χ4n) is 2.67. The fraction of sp³-hybridized carbons (Fsp3) is 0.364. The van der Waals surface area contributed by atoms with Gasteiger partial charge in [0, 0.05) is 5.56 Å². The van der Waals surface area contributed by atoms with Crippen LogP contribution in [0.25, 0.3) is 0 Å². The van der Waals surface area contributed by atoms with Crippen LogP contribution in [-0.4, -0.2) is 45.7 Å². The van der Waals surface area contributed by atoms with Crippen molar-refractivity contribution < 1.29 is 37.3 Å². The van der Waals surface area contributed by atoms with Gasteiger partial charge < -0.3 is 19.3 Å². The molecule has 0 saturated carbocycles. The molecule has 0 aliphatic rings. The predicted octanol–water partition coefficient (Wildman–Crippen LogP) is 2.52. The van der Waals surface area contributed by atoms with Gasteiger partial charge >= 0.3 is 5.97 Å². The van der Waals surface area contributed by atoms with Crippen LogP contribution >= 0.6 is 0 Å². The second kappa shape index (κ2) is 11.5. The Labute approximate surface area is 192 Å². The van der Waals surface area contributed by atoms with Gasteiger partial charge in [0.05, 0.1) is 18.6 Å². The molecule has 0 radical (unpaired) electrons. The number of nitrogens with one attached hydrogen (secondary N) is 2. The van der Waals surface area contributed by atoms with Crippen molar-refractivity contribution in [1.29, 1.82) is 0 Å². The maximum absolute atomic E-state index is 12.5. The van der Waals surface area contributed by atoms with E-state index in [1.807, 2.05) is 4.83 Å². The van der Waals surface area contributed by atoms with Gasteiger partial charge in [-0.2, -0.15) is 0 Å². The highest BCUT2D eigenvalue weighted by Crippen LogP contribution is 2.28. The quantitative estimate of drug-likeness (QED) is 0.394. The lowest BCUT2D eigenvalue weighted by molar-refractivity contribution is -0.139. The number of benzene rings is 2. The molecular formula is C22H28N2O8S. The number of aryl methyl sites for hydroxylation is 1. The SMILES string of the molecule is COc1cc(C(=O)NNS(=O)(=O)c2ccc(OCC(=O)O)c(C)c2)ccc1OCCC(C)C. The van der Waals surface area contributed by atoms with E-state index in [4.69, 9.17) is 19.3 Å². The number of ether oxygens (including phenoxy) is 3. The molecule has 0 bridgehead atoms. The summed E-state index contributed by atoms with van der Waals surface area (Å²) in [6, 6.07) is 8.42. The van der Waals surface area contributed by atoms with Gasteiger partial charge in [-0.3, -0.25) is 10.2 Å². The lowest BCUT2D eigenvalue weighted by atomic mass is 10.1. The number of hydrogen-bond donors (Lipinski definition) is 3. The molecule has 1 amide bonds. The lowest BCUT2D eigenvalue weighted by Gasteiger charge is -2.14. The smallest absolute Gasteiger partial charge is 0.341 e. The summed E-state index contributed by atoms with van der Waals surface area (Å²) in [5, 5.41) is 8.69. The Hall–Kier alpha value is -3.31. The number of sulfonamides is 1. The lowest BCUT2D eigenvalue weighted by Crippen LogP contribution is -2.41. The highest BCUT2D eigenvalue weighted by atomic mass is 32.2. The summed E-state index contributed by atoms with van der Waals surface area (Å²) in [5.41, 5.74) is 2.74. The van der Waals surface area contributed by atoms with E-state index < -0.39 is 28.5 Å². The fourth-order valence-corrected chi connectivity index (χ4v) is 3.59. The Morgan fingerprint density at radius 3 is 2.33 bits per heavy atom. The molecule has 33 heavy (non-hydrogen) atoms. The molecule has 0 spiro atoms. The number of carbonyl (C=O) groups is 2. The zero-order chi connectivity index (χ0) is 24.6. The number of hydrazine groups is 1. The van der Waals surface area contributed by atoms with Crippen LogP contribution in [0.4, 0.5) is 0 Å². The van der Waals surface area contributed by atoms with E-state index in [0.717, 1.165) is 6.42 Å². The van der Waals surface area contributed by atoms with Crippen LogP contribution in [0, 0.1) is 12.8 Å². The number of methoxy groups -OCH3 is 1. The summed E-state index contributed by atoms with van der Waals surface area (Å²) < 4.78 is 41.1. The molecule has 11 heteroatoms. The molecule has 2 aromatic carbocycles. The Morgan fingerprint density at radius 2 is 1.73 bits per heavy atom. The Bertz CT molecular complexity index is 1100. The number of hydrogen-bond acceptors (Lipinski definition) is 7. The molecule has 0 fully saturated rings. The molecule has 0 heterocycles. The highest BCUT2D eigenvalue weighted by molar-refractivity contribution is 7.89. The van der Waals surface area contributed by atoms with E-state index in [2.05, 4.69) is 19.3 Å². The summed E-state index contributed by atoms with van der Waals surface area (Å²) >= 11 is 0. The monoisotopic (exact) mass is 480 g/mol. The minimum atomic E-state index is -4.09. The van der Waals surface area contributed by atoms with Crippen molar-refractivity contribution in [3.63, 3.8) is 0 Å². The first kappa shape index (κ1) is 25.9. The first-order chi connectivity index (χ1) is 15.5. The van der Waals surface area contributed by atoms with Crippen molar-refractivity contribution in [2.24, 2.45) is 5.92 Å². The number of amides is 1. The van der Waals surface area contributed by atoms with Crippen LogP contribution < -0.4 is 24.5 Å². The van der Waals surface area contributed by atoms with Crippen molar-refractivity contribution in [3.05, 3.63) is 47.5 Å². The van der Waals surface area contributed by atoms with Crippen molar-refractivity contribution in [1.82, 2.24) is 10.3 Å². The van der Waals surface area contributed by atoms with Crippen molar-refractivity contribution in [2.75, 3.05) is 20.3 Å². The number of carboxylic acids is 1. The zero-order valence-electron chi connectivity index (χ0n) is 18.9. The molecule has 0 unspecified atom stereocenters. The molecule has 3 N–H and O–H groups in total. The van der Waals surface area contributed by atoms with E-state index in [-0.39, 0.29) is 16.2 Å². The van der Waals surface area contributed by atoms with E-state index in [9.17, 15) is 18.0 Å². The highest BCUT2D eigenvalue weighted by Gasteiger charge is 2.18. The van der Waals surface area contributed by atoms with Crippen molar-refractivity contribution >= 4 is 21.9 Å². The number of rotatable bonds is 12. The van der Waals surface area contributed by atoms with Gasteiger partial charge in [0.25, 0.3) is 15.9 Å². The largest absolute Gasteiger partial charge is 0.493 e. The maximum Gasteiger partial charge on any atom is 0.341 e. The summed E-state index contributed by atoms with van der Waals surface area (Å²) in [6.07, 6.45) is 0.860. The molecule has 180 valence electrons. The predicted molar refractivity (Wildman–Crippen MR) is 120 cm³/mol. The Morgan fingerprint density at radius 1 is 1.03 bits per heavy atom. The van der Waals surface area contributed by atoms with Gasteiger partial charge in [0.2, 0.25) is 0 Å². The van der Waals surface area contributed by atoms with E-state index in [0.29, 0.717) is 29.6 Å². The van der Waals surface area contributed by atoms with Gasteiger partial charge in [-0.1, -0.05) is 13.8 Å². The van der Waals surface area contributed by atoms with Crippen LogP contribution in [0.3, 0.4) is 0 Å². The summed E-state index contributed by atoms with van der Waals surface area (Å²) in [5.74, 6) is -0.293. The van der Waals surface area contributed by atoms with Crippen molar-refractivity contribution in [2.45, 2.75) is 32.1 Å². The first-order valence-corrected chi connectivity index (χ1v) is 11.6. The summed E-state index contributed by atoms with van der Waals surface area (Å²) in [4.78, 5) is 25.0. The van der Waals surface area contributed by atoms with Crippen LogP contribution in [0.2, 0.25) is 0 Å². The van der Waals surface area contributed by atoms with Gasteiger partial charge in [-0.25, -0.2) is 13.2 Å².